The lowest BCUT2D eigenvalue weighted by atomic mass is 9.95. The first-order valence-corrected chi connectivity index (χ1v) is 11.2. The van der Waals surface area contributed by atoms with Crippen molar-refractivity contribution in [3.63, 3.8) is 0 Å². The van der Waals surface area contributed by atoms with E-state index in [0.29, 0.717) is 22.4 Å². The predicted octanol–water partition coefficient (Wildman–Crippen LogP) is 5.61. The van der Waals surface area contributed by atoms with Gasteiger partial charge < -0.3 is 9.64 Å². The van der Waals surface area contributed by atoms with Crippen LogP contribution < -0.4 is 4.74 Å². The van der Waals surface area contributed by atoms with Gasteiger partial charge in [0, 0.05) is 24.5 Å². The fourth-order valence-corrected chi connectivity index (χ4v) is 4.49. The van der Waals surface area contributed by atoms with Crippen LogP contribution in [0.1, 0.15) is 46.9 Å². The number of pyridine rings is 1. The number of rotatable bonds is 4. The summed E-state index contributed by atoms with van der Waals surface area (Å²) in [4.78, 5) is 24.0. The van der Waals surface area contributed by atoms with Crippen molar-refractivity contribution < 1.29 is 22.7 Å². The molecular weight excluding hydrogens is 495 g/mol. The first kappa shape index (κ1) is 25.4. The highest BCUT2D eigenvalue weighted by Crippen LogP contribution is 2.35. The van der Waals surface area contributed by atoms with Crippen LogP contribution in [-0.2, 0) is 6.18 Å². The summed E-state index contributed by atoms with van der Waals surface area (Å²) in [6, 6.07) is 11.0. The van der Waals surface area contributed by atoms with E-state index in [9.17, 15) is 18.0 Å². The number of methoxy groups -OCH3 is 1. The van der Waals surface area contributed by atoms with E-state index < -0.39 is 17.8 Å². The van der Waals surface area contributed by atoms with Gasteiger partial charge in [-0.15, -0.1) is 12.4 Å². The van der Waals surface area contributed by atoms with E-state index in [1.54, 1.807) is 47.6 Å². The third kappa shape index (κ3) is 4.73. The maximum absolute atomic E-state index is 14.0. The molecule has 7 nitrogen and oxygen atoms in total. The van der Waals surface area contributed by atoms with Gasteiger partial charge in [0.05, 0.1) is 25.0 Å². The Morgan fingerprint density at radius 2 is 1.94 bits per heavy atom. The van der Waals surface area contributed by atoms with Crippen molar-refractivity contribution >= 4 is 24.0 Å². The molecule has 0 aliphatic carbocycles. The van der Waals surface area contributed by atoms with Gasteiger partial charge in [-0.3, -0.25) is 9.78 Å². The zero-order valence-electron chi connectivity index (χ0n) is 19.3. The lowest BCUT2D eigenvalue weighted by Crippen LogP contribution is -2.38. The average molecular weight is 518 g/mol. The summed E-state index contributed by atoms with van der Waals surface area (Å²) in [5.74, 6) is 0.0761. The van der Waals surface area contributed by atoms with E-state index in [1.807, 2.05) is 6.07 Å². The molecule has 3 aromatic heterocycles. The van der Waals surface area contributed by atoms with E-state index in [1.165, 1.54) is 13.3 Å². The maximum atomic E-state index is 14.0. The standard InChI is InChI=1S/C25H22F3N5O2.ClH/c1-35-18-8-4-6-16(12-18)20-13-22(25(26,27)28)33-23(31-20)19(15-30-33)24(34)32-11-3-2-9-21(32)17-7-5-10-29-14-17;/h4-8,10,12-15,21H,2-3,9,11H2,1H3;1H. The zero-order valence-corrected chi connectivity index (χ0v) is 20.1. The number of benzene rings is 1. The van der Waals surface area contributed by atoms with Crippen LogP contribution in [0.3, 0.4) is 0 Å². The number of fused-ring (bicyclic) bond motifs is 1. The zero-order chi connectivity index (χ0) is 24.6. The number of amides is 1. The van der Waals surface area contributed by atoms with Crippen LogP contribution in [0.4, 0.5) is 13.2 Å². The molecule has 1 saturated heterocycles. The lowest BCUT2D eigenvalue weighted by molar-refractivity contribution is -0.142. The summed E-state index contributed by atoms with van der Waals surface area (Å²) in [6.45, 7) is 0.484. The molecule has 1 aromatic carbocycles. The van der Waals surface area contributed by atoms with Crippen molar-refractivity contribution in [3.8, 4) is 17.0 Å². The van der Waals surface area contributed by atoms with Gasteiger partial charge in [-0.25, -0.2) is 9.50 Å². The Labute approximate surface area is 211 Å². The Balaban J connectivity index is 0.00000304. The smallest absolute Gasteiger partial charge is 0.433 e. The van der Waals surface area contributed by atoms with E-state index in [2.05, 4.69) is 15.1 Å². The molecule has 0 bridgehead atoms. The molecule has 1 atom stereocenters. The molecule has 1 unspecified atom stereocenters. The molecule has 0 radical (unpaired) electrons. The van der Waals surface area contributed by atoms with Crippen LogP contribution in [0.25, 0.3) is 16.9 Å². The van der Waals surface area contributed by atoms with Crippen molar-refractivity contribution in [2.24, 2.45) is 0 Å². The normalized spacial score (nSPS) is 16.0. The fourth-order valence-electron chi connectivity index (χ4n) is 4.49. The molecule has 1 aliphatic heterocycles. The summed E-state index contributed by atoms with van der Waals surface area (Å²) in [7, 11) is 1.47. The molecule has 4 heterocycles. The topological polar surface area (TPSA) is 72.6 Å². The second-order valence-electron chi connectivity index (χ2n) is 8.35. The molecule has 0 spiro atoms. The Bertz CT molecular complexity index is 1380. The lowest BCUT2D eigenvalue weighted by Gasteiger charge is -2.35. The first-order valence-electron chi connectivity index (χ1n) is 11.2. The van der Waals surface area contributed by atoms with E-state index >= 15 is 0 Å². The summed E-state index contributed by atoms with van der Waals surface area (Å²) in [5.41, 5.74) is 0.262. The summed E-state index contributed by atoms with van der Waals surface area (Å²) < 4.78 is 47.9. The number of carbonyl (C=O) groups is 1. The number of carbonyl (C=O) groups excluding carboxylic acids is 1. The van der Waals surface area contributed by atoms with Crippen LogP contribution in [0.15, 0.2) is 61.1 Å². The predicted molar refractivity (Wildman–Crippen MR) is 129 cm³/mol. The van der Waals surface area contributed by atoms with Crippen molar-refractivity contribution in [1.29, 1.82) is 0 Å². The molecule has 5 rings (SSSR count). The second-order valence-corrected chi connectivity index (χ2v) is 8.35. The molecule has 0 saturated carbocycles. The number of hydrogen-bond donors (Lipinski definition) is 0. The van der Waals surface area contributed by atoms with Gasteiger partial charge in [-0.2, -0.15) is 18.3 Å². The summed E-state index contributed by atoms with van der Waals surface area (Å²) in [5, 5.41) is 3.92. The Morgan fingerprint density at radius 1 is 1.11 bits per heavy atom. The second kappa shape index (κ2) is 10.1. The number of halogens is 4. The number of likely N-dealkylation sites (tertiary alicyclic amines) is 1. The Hall–Kier alpha value is -3.66. The monoisotopic (exact) mass is 517 g/mol. The van der Waals surface area contributed by atoms with E-state index in [4.69, 9.17) is 4.74 Å². The minimum atomic E-state index is -4.70. The van der Waals surface area contributed by atoms with Gasteiger partial charge in [0.2, 0.25) is 0 Å². The SMILES string of the molecule is COc1cccc(-c2cc(C(F)(F)F)n3ncc(C(=O)N4CCCCC4c4cccnc4)c3n2)c1.Cl. The number of ether oxygens (including phenoxy) is 1. The molecule has 4 aromatic rings. The van der Waals surface area contributed by atoms with Gasteiger partial charge in [-0.1, -0.05) is 18.2 Å². The highest BCUT2D eigenvalue weighted by molar-refractivity contribution is 6.00. The van der Waals surface area contributed by atoms with E-state index in [0.717, 1.165) is 30.9 Å². The number of alkyl halides is 3. The van der Waals surface area contributed by atoms with Gasteiger partial charge in [-0.05, 0) is 49.1 Å². The molecule has 1 amide bonds. The highest BCUT2D eigenvalue weighted by atomic mass is 35.5. The van der Waals surface area contributed by atoms with Gasteiger partial charge in [0.25, 0.3) is 5.91 Å². The summed E-state index contributed by atoms with van der Waals surface area (Å²) >= 11 is 0. The largest absolute Gasteiger partial charge is 0.497 e. The Morgan fingerprint density at radius 3 is 2.67 bits per heavy atom. The van der Waals surface area contributed by atoms with Crippen molar-refractivity contribution in [2.75, 3.05) is 13.7 Å². The third-order valence-electron chi connectivity index (χ3n) is 6.19. The van der Waals surface area contributed by atoms with Gasteiger partial charge >= 0.3 is 6.18 Å². The minimum Gasteiger partial charge on any atom is -0.497 e. The molecule has 36 heavy (non-hydrogen) atoms. The third-order valence-corrected chi connectivity index (χ3v) is 6.19. The average Bonchev–Trinajstić information content (AvgIpc) is 3.31. The van der Waals surface area contributed by atoms with Crippen molar-refractivity contribution in [3.05, 3.63) is 77.9 Å². The molecule has 1 fully saturated rings. The van der Waals surface area contributed by atoms with Crippen molar-refractivity contribution in [1.82, 2.24) is 24.5 Å². The molecular formula is C25H23ClF3N5O2. The molecule has 188 valence electrons. The molecule has 1 aliphatic rings. The van der Waals surface area contributed by atoms with Crippen LogP contribution in [0, 0.1) is 0 Å². The maximum Gasteiger partial charge on any atom is 0.433 e. The number of piperidine rings is 1. The van der Waals surface area contributed by atoms with Crippen molar-refractivity contribution in [2.45, 2.75) is 31.5 Å². The Kier molecular flexibility index (Phi) is 7.16. The fraction of sp³-hybridized carbons (Fsp3) is 0.280. The molecule has 0 N–H and O–H groups in total. The van der Waals surface area contributed by atoms with E-state index in [-0.39, 0.29) is 35.4 Å². The van der Waals surface area contributed by atoms with Crippen LogP contribution in [0.5, 0.6) is 5.75 Å². The van der Waals surface area contributed by atoms with Gasteiger partial charge in [0.1, 0.15) is 11.3 Å². The van der Waals surface area contributed by atoms with Crippen LogP contribution in [0.2, 0.25) is 0 Å². The quantitative estimate of drug-likeness (QED) is 0.352. The number of aromatic nitrogens is 4. The summed E-state index contributed by atoms with van der Waals surface area (Å²) in [6.07, 6.45) is 2.33. The van der Waals surface area contributed by atoms with Crippen LogP contribution in [-0.4, -0.2) is 44.0 Å². The van der Waals surface area contributed by atoms with Crippen LogP contribution >= 0.6 is 12.4 Å². The van der Waals surface area contributed by atoms with Gasteiger partial charge in [0.15, 0.2) is 11.3 Å². The molecule has 11 heteroatoms. The number of nitrogens with zero attached hydrogens (tertiary/aromatic N) is 5. The highest BCUT2D eigenvalue weighted by Gasteiger charge is 2.37. The first-order chi connectivity index (χ1) is 16.9. The number of hydrogen-bond acceptors (Lipinski definition) is 5. The minimum absolute atomic E-state index is 0.